The van der Waals surface area contributed by atoms with E-state index in [0.717, 1.165) is 50.2 Å². The van der Waals surface area contributed by atoms with Gasteiger partial charge in [0.05, 0.1) is 24.5 Å². The lowest BCUT2D eigenvalue weighted by molar-refractivity contribution is -0.126. The van der Waals surface area contributed by atoms with Gasteiger partial charge in [-0.2, -0.15) is 23.5 Å². The Balaban J connectivity index is 1.17. The number of alkyl halides is 3. The summed E-state index contributed by atoms with van der Waals surface area (Å²) in [5.41, 5.74) is 6.80. The molecule has 1 aliphatic rings. The van der Waals surface area contributed by atoms with Gasteiger partial charge in [0.1, 0.15) is 28.7 Å². The molecule has 2 N–H and O–H groups in total. The number of nitrogens with one attached hydrogen (secondary N) is 2. The van der Waals surface area contributed by atoms with Crippen molar-refractivity contribution in [1.82, 2.24) is 35.0 Å². The molecule has 13 heteroatoms. The first-order valence-corrected chi connectivity index (χ1v) is 15.7. The van der Waals surface area contributed by atoms with Crippen LogP contribution in [0.5, 0.6) is 0 Å². The number of nitriles is 1. The zero-order valence-corrected chi connectivity index (χ0v) is 26.0. The van der Waals surface area contributed by atoms with Gasteiger partial charge in [-0.1, -0.05) is 12.1 Å². The van der Waals surface area contributed by atoms with Gasteiger partial charge in [-0.25, -0.2) is 9.97 Å². The summed E-state index contributed by atoms with van der Waals surface area (Å²) in [6.45, 7) is 6.40. The fourth-order valence-electron chi connectivity index (χ4n) is 6.41. The number of fused-ring (bicyclic) bond motifs is 2. The van der Waals surface area contributed by atoms with Crippen molar-refractivity contribution in [3.05, 3.63) is 99.8 Å². The van der Waals surface area contributed by atoms with E-state index in [9.17, 15) is 18.4 Å². The molecule has 0 amide bonds. The van der Waals surface area contributed by atoms with Crippen LogP contribution in [0.4, 0.5) is 19.0 Å². The highest BCUT2D eigenvalue weighted by atomic mass is 32.1. The van der Waals surface area contributed by atoms with Crippen LogP contribution in [0.1, 0.15) is 44.4 Å². The van der Waals surface area contributed by atoms with Crippen LogP contribution in [0.15, 0.2) is 61.3 Å². The standard InChI is InChI=1S/C33H30F3N9S/c1-19-3-4-23(14-38-19)28-16-44(31-27-8-25(9-33(34,35)36)46-32(27)41-18-40-31)17-29(28)39-13-22-5-6-30-26(20(22)2)7-24(10-37)45(30)15-21-11-42-43-12-21/h3-8,11-12,14,18,28-29,39H,9,13,15-17H2,1-2H3,(H,42,43). The molecule has 6 aromatic rings. The van der Waals surface area contributed by atoms with Crippen molar-refractivity contribution in [2.45, 2.75) is 51.5 Å². The Bertz CT molecular complexity index is 2060. The Morgan fingerprint density at radius 3 is 2.67 bits per heavy atom. The van der Waals surface area contributed by atoms with Crippen LogP contribution in [0.25, 0.3) is 21.1 Å². The van der Waals surface area contributed by atoms with Gasteiger partial charge in [0.2, 0.25) is 0 Å². The Labute approximate surface area is 266 Å². The second-order valence-corrected chi connectivity index (χ2v) is 12.9. The van der Waals surface area contributed by atoms with Gasteiger partial charge in [-0.05, 0) is 54.8 Å². The lowest BCUT2D eigenvalue weighted by atomic mass is 9.95. The van der Waals surface area contributed by atoms with Crippen molar-refractivity contribution < 1.29 is 13.2 Å². The molecule has 0 saturated carbocycles. The Hall–Kier alpha value is -4.80. The fourth-order valence-corrected chi connectivity index (χ4v) is 7.43. The van der Waals surface area contributed by atoms with E-state index in [1.54, 1.807) is 12.3 Å². The van der Waals surface area contributed by atoms with Crippen LogP contribution >= 0.6 is 11.3 Å². The van der Waals surface area contributed by atoms with Crippen molar-refractivity contribution in [2.75, 3.05) is 18.0 Å². The number of hydrogen-bond acceptors (Lipinski definition) is 8. The number of rotatable bonds is 8. The van der Waals surface area contributed by atoms with Crippen molar-refractivity contribution in [2.24, 2.45) is 0 Å². The minimum atomic E-state index is -4.29. The van der Waals surface area contributed by atoms with Gasteiger partial charge in [-0.3, -0.25) is 10.1 Å². The molecule has 2 atom stereocenters. The van der Waals surface area contributed by atoms with Crippen LogP contribution in [0.3, 0.4) is 0 Å². The molecule has 0 bridgehead atoms. The largest absolute Gasteiger partial charge is 0.393 e. The molecular formula is C33H30F3N9S. The normalized spacial score (nSPS) is 16.9. The maximum atomic E-state index is 13.2. The first-order valence-electron chi connectivity index (χ1n) is 14.9. The Morgan fingerprint density at radius 2 is 1.93 bits per heavy atom. The SMILES string of the molecule is Cc1ccc(C2CN(c3ncnc4sc(CC(F)(F)F)cc34)CC2NCc2ccc3c(cc(C#N)n3Cc3cn[nH]c3)c2C)cn1. The molecule has 2 unspecified atom stereocenters. The lowest BCUT2D eigenvalue weighted by Gasteiger charge is -2.21. The van der Waals surface area contributed by atoms with E-state index in [1.165, 1.54) is 6.33 Å². The Morgan fingerprint density at radius 1 is 1.07 bits per heavy atom. The van der Waals surface area contributed by atoms with E-state index in [1.807, 2.05) is 36.0 Å². The number of anilines is 1. The number of aryl methyl sites for hydroxylation is 2. The quantitative estimate of drug-likeness (QED) is 0.205. The zero-order chi connectivity index (χ0) is 32.0. The number of benzene rings is 1. The smallest absolute Gasteiger partial charge is 0.354 e. The second-order valence-electron chi connectivity index (χ2n) is 11.8. The molecule has 234 valence electrons. The minimum Gasteiger partial charge on any atom is -0.354 e. The molecule has 1 aromatic carbocycles. The number of aromatic nitrogens is 6. The number of hydrogen-bond donors (Lipinski definition) is 2. The molecule has 1 saturated heterocycles. The van der Waals surface area contributed by atoms with E-state index >= 15 is 0 Å². The molecule has 5 aromatic heterocycles. The first kappa shape index (κ1) is 29.9. The summed E-state index contributed by atoms with van der Waals surface area (Å²) in [6, 6.07) is 14.1. The molecule has 6 heterocycles. The topological polar surface area (TPSA) is 111 Å². The van der Waals surface area contributed by atoms with Crippen LogP contribution in [0, 0.1) is 25.2 Å². The average Bonchev–Trinajstić information content (AvgIpc) is 3.83. The third kappa shape index (κ3) is 5.81. The van der Waals surface area contributed by atoms with Gasteiger partial charge in [0.15, 0.2) is 0 Å². The molecule has 46 heavy (non-hydrogen) atoms. The maximum Gasteiger partial charge on any atom is 0.393 e. The van der Waals surface area contributed by atoms with Gasteiger partial charge < -0.3 is 14.8 Å². The highest BCUT2D eigenvalue weighted by Gasteiger charge is 2.36. The molecule has 7 rings (SSSR count). The lowest BCUT2D eigenvalue weighted by Crippen LogP contribution is -2.35. The number of pyridine rings is 1. The summed E-state index contributed by atoms with van der Waals surface area (Å²) < 4.78 is 41.5. The zero-order valence-electron chi connectivity index (χ0n) is 25.1. The van der Waals surface area contributed by atoms with Crippen molar-refractivity contribution in [3.8, 4) is 6.07 Å². The summed E-state index contributed by atoms with van der Waals surface area (Å²) in [5.74, 6) is 0.710. The highest BCUT2D eigenvalue weighted by Crippen LogP contribution is 2.37. The van der Waals surface area contributed by atoms with Gasteiger partial charge >= 0.3 is 6.18 Å². The third-order valence-electron chi connectivity index (χ3n) is 8.75. The molecule has 0 radical (unpaired) electrons. The molecule has 9 nitrogen and oxygen atoms in total. The Kier molecular flexibility index (Phi) is 7.70. The third-order valence-corrected chi connectivity index (χ3v) is 9.79. The van der Waals surface area contributed by atoms with E-state index in [2.05, 4.69) is 66.6 Å². The fraction of sp³-hybridized carbons (Fsp3) is 0.303. The van der Waals surface area contributed by atoms with Gasteiger partial charge in [-0.15, -0.1) is 11.3 Å². The first-order chi connectivity index (χ1) is 22.2. The van der Waals surface area contributed by atoms with Crippen LogP contribution in [-0.2, 0) is 19.5 Å². The predicted octanol–water partition coefficient (Wildman–Crippen LogP) is 6.17. The molecular weight excluding hydrogens is 611 g/mol. The molecule has 0 spiro atoms. The number of H-pyrrole nitrogens is 1. The van der Waals surface area contributed by atoms with Crippen LogP contribution < -0.4 is 10.2 Å². The van der Waals surface area contributed by atoms with E-state index in [0.29, 0.717) is 47.9 Å². The van der Waals surface area contributed by atoms with Crippen LogP contribution in [0.2, 0.25) is 0 Å². The molecule has 0 aliphatic carbocycles. The molecule has 1 aliphatic heterocycles. The summed E-state index contributed by atoms with van der Waals surface area (Å²) in [6.07, 6.45) is 1.65. The monoisotopic (exact) mass is 641 g/mol. The molecule has 1 fully saturated rings. The summed E-state index contributed by atoms with van der Waals surface area (Å²) >= 11 is 1.06. The number of aromatic amines is 1. The highest BCUT2D eigenvalue weighted by molar-refractivity contribution is 7.18. The van der Waals surface area contributed by atoms with E-state index in [4.69, 9.17) is 0 Å². The van der Waals surface area contributed by atoms with Crippen molar-refractivity contribution in [3.63, 3.8) is 0 Å². The van der Waals surface area contributed by atoms with Crippen molar-refractivity contribution in [1.29, 1.82) is 5.26 Å². The summed E-state index contributed by atoms with van der Waals surface area (Å²) in [7, 11) is 0. The number of thiophene rings is 1. The van der Waals surface area contributed by atoms with Gasteiger partial charge in [0, 0.05) is 71.0 Å². The average molecular weight is 642 g/mol. The summed E-state index contributed by atoms with van der Waals surface area (Å²) in [5, 5.41) is 22.2. The number of nitrogens with zero attached hydrogens (tertiary/aromatic N) is 7. The predicted molar refractivity (Wildman–Crippen MR) is 171 cm³/mol. The van der Waals surface area contributed by atoms with E-state index < -0.39 is 12.6 Å². The second kappa shape index (κ2) is 11.9. The number of halogens is 3. The van der Waals surface area contributed by atoms with E-state index in [-0.39, 0.29) is 16.8 Å². The summed E-state index contributed by atoms with van der Waals surface area (Å²) in [4.78, 5) is 16.3. The van der Waals surface area contributed by atoms with Gasteiger partial charge in [0.25, 0.3) is 0 Å². The van der Waals surface area contributed by atoms with Crippen LogP contribution in [-0.4, -0.2) is 55.0 Å². The van der Waals surface area contributed by atoms with Crippen molar-refractivity contribution >= 4 is 38.3 Å². The minimum absolute atomic E-state index is 0.0123. The maximum absolute atomic E-state index is 13.2.